The van der Waals surface area contributed by atoms with Crippen molar-refractivity contribution in [2.24, 2.45) is 45.3 Å². The van der Waals surface area contributed by atoms with Gasteiger partial charge in [-0.25, -0.2) is 4.79 Å². The number of ether oxygens (including phenoxy) is 2. The van der Waals surface area contributed by atoms with Gasteiger partial charge in [0.1, 0.15) is 6.10 Å². The zero-order chi connectivity index (χ0) is 22.4. The Morgan fingerprint density at radius 3 is 2.45 bits per heavy atom. The SMILES string of the molecule is CC(=O)O[C@@H]1CC2[C@@]3(C)CCCC(C)(C)C3CC[C@@]2(C)C2CC=C3C(=O)OC[C@@H]3[C@]21C. The van der Waals surface area contributed by atoms with Gasteiger partial charge < -0.3 is 9.47 Å². The molecule has 4 fully saturated rings. The molecule has 4 aliphatic carbocycles. The number of allylic oxidation sites excluding steroid dienone is 1. The molecule has 8 atom stereocenters. The molecule has 0 aromatic rings. The van der Waals surface area contributed by atoms with Crippen LogP contribution < -0.4 is 0 Å². The minimum Gasteiger partial charge on any atom is -0.462 e. The summed E-state index contributed by atoms with van der Waals surface area (Å²) in [7, 11) is 0. The van der Waals surface area contributed by atoms with Gasteiger partial charge in [-0.05, 0) is 72.5 Å². The van der Waals surface area contributed by atoms with Crippen LogP contribution in [0.3, 0.4) is 0 Å². The highest BCUT2D eigenvalue weighted by atomic mass is 16.5. The van der Waals surface area contributed by atoms with Crippen molar-refractivity contribution in [1.82, 2.24) is 0 Å². The minimum atomic E-state index is -0.249. The molecule has 1 saturated heterocycles. The molecule has 3 unspecified atom stereocenters. The average Bonchev–Trinajstić information content (AvgIpc) is 3.04. The van der Waals surface area contributed by atoms with Crippen LogP contribution >= 0.6 is 0 Å². The normalized spacial score (nSPS) is 50.2. The maximum Gasteiger partial charge on any atom is 0.334 e. The van der Waals surface area contributed by atoms with Gasteiger partial charge in [0, 0.05) is 23.8 Å². The van der Waals surface area contributed by atoms with E-state index in [2.05, 4.69) is 40.7 Å². The summed E-state index contributed by atoms with van der Waals surface area (Å²) in [6.45, 7) is 14.3. The molecule has 0 N–H and O–H groups in total. The fourth-order valence-corrected chi connectivity index (χ4v) is 9.87. The molecule has 4 heteroatoms. The number of carbonyl (C=O) groups excluding carboxylic acids is 2. The first-order valence-electron chi connectivity index (χ1n) is 12.5. The molecule has 0 amide bonds. The Morgan fingerprint density at radius 2 is 1.74 bits per heavy atom. The molecule has 3 saturated carbocycles. The summed E-state index contributed by atoms with van der Waals surface area (Å²) >= 11 is 0. The molecule has 4 nitrogen and oxygen atoms in total. The summed E-state index contributed by atoms with van der Waals surface area (Å²) < 4.78 is 11.7. The molecule has 0 radical (unpaired) electrons. The standard InChI is InChI=1S/C27H40O4/c1-16(28)31-22-14-21-25(4)12-7-11-24(2,3)19(25)10-13-26(21,5)20-9-8-17-18(27(20,22)6)15-30-23(17)29/h8,18-22H,7,9-15H2,1-6H3/t18-,19?,20?,21?,22+,25-,26-,27+/m0/s1. The van der Waals surface area contributed by atoms with E-state index < -0.39 is 0 Å². The Balaban J connectivity index is 1.62. The smallest absolute Gasteiger partial charge is 0.334 e. The second-order valence-electron chi connectivity index (χ2n) is 12.8. The quantitative estimate of drug-likeness (QED) is 0.503. The minimum absolute atomic E-state index is 0.0363. The van der Waals surface area contributed by atoms with E-state index in [-0.39, 0.29) is 40.2 Å². The summed E-state index contributed by atoms with van der Waals surface area (Å²) in [4.78, 5) is 24.7. The van der Waals surface area contributed by atoms with E-state index in [0.29, 0.717) is 23.9 Å². The van der Waals surface area contributed by atoms with Crippen molar-refractivity contribution >= 4 is 11.9 Å². The number of cyclic esters (lactones) is 1. The Morgan fingerprint density at radius 1 is 1.03 bits per heavy atom. The van der Waals surface area contributed by atoms with Crippen LogP contribution in [0.2, 0.25) is 0 Å². The van der Waals surface area contributed by atoms with Crippen molar-refractivity contribution < 1.29 is 19.1 Å². The first-order valence-corrected chi connectivity index (χ1v) is 12.5. The maximum absolute atomic E-state index is 12.4. The van der Waals surface area contributed by atoms with E-state index >= 15 is 0 Å². The number of hydrogen-bond donors (Lipinski definition) is 0. The van der Waals surface area contributed by atoms with Crippen molar-refractivity contribution in [3.8, 4) is 0 Å². The molecule has 5 aliphatic rings. The Bertz CT molecular complexity index is 842. The molecule has 1 heterocycles. The lowest BCUT2D eigenvalue weighted by Gasteiger charge is -2.70. The molecule has 0 aromatic carbocycles. The summed E-state index contributed by atoms with van der Waals surface area (Å²) in [6.07, 6.45) is 10.2. The Labute approximate surface area is 187 Å². The fourth-order valence-electron chi connectivity index (χ4n) is 9.87. The van der Waals surface area contributed by atoms with Crippen molar-refractivity contribution in [2.75, 3.05) is 6.61 Å². The number of rotatable bonds is 1. The number of hydrogen-bond acceptors (Lipinski definition) is 4. The second kappa shape index (κ2) is 6.60. The van der Waals surface area contributed by atoms with Crippen LogP contribution in [-0.2, 0) is 19.1 Å². The summed E-state index contributed by atoms with van der Waals surface area (Å²) in [5.41, 5.74) is 1.42. The van der Waals surface area contributed by atoms with Gasteiger partial charge in [0.25, 0.3) is 0 Å². The Hall–Kier alpha value is -1.32. The topological polar surface area (TPSA) is 52.6 Å². The van der Waals surface area contributed by atoms with Crippen LogP contribution in [0.15, 0.2) is 11.6 Å². The van der Waals surface area contributed by atoms with Gasteiger partial charge in [-0.2, -0.15) is 0 Å². The van der Waals surface area contributed by atoms with Crippen LogP contribution in [0.1, 0.15) is 86.5 Å². The highest BCUT2D eigenvalue weighted by molar-refractivity contribution is 5.91. The third kappa shape index (κ3) is 2.72. The summed E-state index contributed by atoms with van der Waals surface area (Å²) in [5, 5.41) is 0. The van der Waals surface area contributed by atoms with Crippen LogP contribution in [0.5, 0.6) is 0 Å². The highest BCUT2D eigenvalue weighted by Gasteiger charge is 2.69. The first-order chi connectivity index (χ1) is 14.4. The molecule has 172 valence electrons. The van der Waals surface area contributed by atoms with E-state index in [1.807, 2.05) is 0 Å². The summed E-state index contributed by atoms with van der Waals surface area (Å²) in [5.74, 6) is 1.33. The molecule has 5 rings (SSSR count). The molecular weight excluding hydrogens is 388 g/mol. The third-order valence-corrected chi connectivity index (χ3v) is 11.2. The van der Waals surface area contributed by atoms with Gasteiger partial charge in [0.05, 0.1) is 6.61 Å². The molecular formula is C27H40O4. The highest BCUT2D eigenvalue weighted by Crippen LogP contribution is 2.73. The largest absolute Gasteiger partial charge is 0.462 e. The third-order valence-electron chi connectivity index (χ3n) is 11.2. The lowest BCUT2D eigenvalue weighted by molar-refractivity contribution is -0.240. The number of fused-ring (bicyclic) bond motifs is 7. The monoisotopic (exact) mass is 428 g/mol. The molecule has 0 spiro atoms. The molecule has 1 aliphatic heterocycles. The van der Waals surface area contributed by atoms with Crippen molar-refractivity contribution in [3.05, 3.63) is 11.6 Å². The van der Waals surface area contributed by atoms with Crippen LogP contribution in [0, 0.1) is 45.3 Å². The van der Waals surface area contributed by atoms with Crippen LogP contribution in [0.4, 0.5) is 0 Å². The van der Waals surface area contributed by atoms with Gasteiger partial charge >= 0.3 is 11.9 Å². The van der Waals surface area contributed by atoms with E-state index in [9.17, 15) is 9.59 Å². The predicted molar refractivity (Wildman–Crippen MR) is 119 cm³/mol. The number of esters is 2. The first kappa shape index (κ1) is 21.5. The van der Waals surface area contributed by atoms with Gasteiger partial charge in [-0.1, -0.05) is 47.1 Å². The predicted octanol–water partition coefficient (Wildman–Crippen LogP) is 5.70. The lowest BCUT2D eigenvalue weighted by atomic mass is 9.35. The van der Waals surface area contributed by atoms with Crippen molar-refractivity contribution in [2.45, 2.75) is 92.6 Å². The second-order valence-corrected chi connectivity index (χ2v) is 12.8. The van der Waals surface area contributed by atoms with Gasteiger partial charge in [0.15, 0.2) is 0 Å². The average molecular weight is 429 g/mol. The van der Waals surface area contributed by atoms with Gasteiger partial charge in [-0.15, -0.1) is 0 Å². The van der Waals surface area contributed by atoms with E-state index in [4.69, 9.17) is 9.47 Å². The van der Waals surface area contributed by atoms with Crippen LogP contribution in [-0.4, -0.2) is 24.6 Å². The Kier molecular flexibility index (Phi) is 4.59. The zero-order valence-electron chi connectivity index (χ0n) is 20.3. The fraction of sp³-hybridized carbons (Fsp3) is 0.852. The van der Waals surface area contributed by atoms with E-state index in [1.54, 1.807) is 0 Å². The van der Waals surface area contributed by atoms with Crippen molar-refractivity contribution in [3.63, 3.8) is 0 Å². The molecule has 31 heavy (non-hydrogen) atoms. The van der Waals surface area contributed by atoms with E-state index in [1.165, 1.54) is 39.0 Å². The summed E-state index contributed by atoms with van der Waals surface area (Å²) in [6, 6.07) is 0. The molecule has 0 aromatic heterocycles. The van der Waals surface area contributed by atoms with Crippen LogP contribution in [0.25, 0.3) is 0 Å². The van der Waals surface area contributed by atoms with Gasteiger partial charge in [-0.3, -0.25) is 4.79 Å². The molecule has 0 bridgehead atoms. The van der Waals surface area contributed by atoms with Gasteiger partial charge in [0.2, 0.25) is 0 Å². The van der Waals surface area contributed by atoms with Crippen molar-refractivity contribution in [1.29, 1.82) is 0 Å². The number of carbonyl (C=O) groups is 2. The zero-order valence-corrected chi connectivity index (χ0v) is 20.3. The van der Waals surface area contributed by atoms with E-state index in [0.717, 1.165) is 24.3 Å². The maximum atomic E-state index is 12.4. The lowest BCUT2D eigenvalue weighted by Crippen LogP contribution is -2.66.